The maximum atomic E-state index is 13.7. The number of amides is 2. The predicted molar refractivity (Wildman–Crippen MR) is 89.9 cm³/mol. The number of benzene rings is 2. The molecule has 6 heteroatoms. The highest BCUT2D eigenvalue weighted by molar-refractivity contribution is 5.91. The van der Waals surface area contributed by atoms with Crippen LogP contribution in [0.15, 0.2) is 42.5 Å². The van der Waals surface area contributed by atoms with Crippen LogP contribution in [-0.4, -0.2) is 23.3 Å². The number of hydrogen-bond donors (Lipinski definition) is 1. The smallest absolute Gasteiger partial charge is 0.226 e. The van der Waals surface area contributed by atoms with Crippen LogP contribution >= 0.6 is 0 Å². The first-order valence-electron chi connectivity index (χ1n) is 8.05. The van der Waals surface area contributed by atoms with E-state index in [-0.39, 0.29) is 18.0 Å². The van der Waals surface area contributed by atoms with Gasteiger partial charge in [-0.1, -0.05) is 24.3 Å². The van der Waals surface area contributed by atoms with Crippen molar-refractivity contribution in [1.29, 1.82) is 0 Å². The molecule has 2 aromatic rings. The topological polar surface area (TPSA) is 49.4 Å². The Hall–Kier alpha value is -2.76. The molecule has 1 unspecified atom stereocenters. The average molecular weight is 344 g/mol. The molecule has 0 aromatic heterocycles. The van der Waals surface area contributed by atoms with Gasteiger partial charge in [-0.05, 0) is 29.7 Å². The van der Waals surface area contributed by atoms with E-state index in [0.717, 1.165) is 35.7 Å². The van der Waals surface area contributed by atoms with Gasteiger partial charge in [0.1, 0.15) is 11.6 Å². The number of anilines is 1. The summed E-state index contributed by atoms with van der Waals surface area (Å²) in [6, 6.07) is 10.1. The van der Waals surface area contributed by atoms with Crippen molar-refractivity contribution in [2.45, 2.75) is 25.8 Å². The Morgan fingerprint density at radius 2 is 1.96 bits per heavy atom. The van der Waals surface area contributed by atoms with Crippen LogP contribution in [0.2, 0.25) is 0 Å². The third-order valence-corrected chi connectivity index (χ3v) is 4.40. The van der Waals surface area contributed by atoms with Crippen LogP contribution < -0.4 is 5.32 Å². The molecule has 0 radical (unpaired) electrons. The van der Waals surface area contributed by atoms with Crippen molar-refractivity contribution in [2.75, 3.05) is 11.9 Å². The minimum atomic E-state index is -0.706. The highest BCUT2D eigenvalue weighted by atomic mass is 19.1. The summed E-state index contributed by atoms with van der Waals surface area (Å²) in [5, 5.41) is 2.40. The normalized spacial score (nSPS) is 16.3. The molecule has 0 bridgehead atoms. The maximum Gasteiger partial charge on any atom is 0.226 e. The van der Waals surface area contributed by atoms with E-state index in [1.807, 2.05) is 24.3 Å². The van der Waals surface area contributed by atoms with Crippen LogP contribution in [0.25, 0.3) is 0 Å². The average Bonchev–Trinajstić information content (AvgIpc) is 2.58. The van der Waals surface area contributed by atoms with Crippen molar-refractivity contribution in [1.82, 2.24) is 4.90 Å². The van der Waals surface area contributed by atoms with E-state index in [1.165, 1.54) is 6.92 Å². The SMILES string of the molecule is CC(=O)N1CCc2ccccc2C1CC(=O)Nc1cc(F)ccc1F. The molecule has 130 valence electrons. The van der Waals surface area contributed by atoms with Gasteiger partial charge in [0.25, 0.3) is 0 Å². The fourth-order valence-electron chi connectivity index (χ4n) is 3.22. The number of fused-ring (bicyclic) bond motifs is 1. The lowest BCUT2D eigenvalue weighted by Gasteiger charge is -2.36. The number of hydrogen-bond acceptors (Lipinski definition) is 2. The van der Waals surface area contributed by atoms with Gasteiger partial charge in [0.05, 0.1) is 18.2 Å². The molecule has 4 nitrogen and oxygen atoms in total. The Morgan fingerprint density at radius 3 is 2.72 bits per heavy atom. The van der Waals surface area contributed by atoms with E-state index in [0.29, 0.717) is 6.54 Å². The Balaban J connectivity index is 1.82. The van der Waals surface area contributed by atoms with Crippen molar-refractivity contribution in [3.63, 3.8) is 0 Å². The standard InChI is InChI=1S/C19H18F2N2O2/c1-12(24)23-9-8-13-4-2-3-5-15(13)18(23)11-19(25)22-17-10-14(20)6-7-16(17)21/h2-7,10,18H,8-9,11H2,1H3,(H,22,25). The third-order valence-electron chi connectivity index (χ3n) is 4.40. The first-order chi connectivity index (χ1) is 12.0. The number of halogens is 2. The molecule has 0 spiro atoms. The van der Waals surface area contributed by atoms with Crippen molar-refractivity contribution >= 4 is 17.5 Å². The fraction of sp³-hybridized carbons (Fsp3) is 0.263. The molecule has 1 heterocycles. The summed E-state index contributed by atoms with van der Waals surface area (Å²) >= 11 is 0. The van der Waals surface area contributed by atoms with Gasteiger partial charge < -0.3 is 10.2 Å². The van der Waals surface area contributed by atoms with Gasteiger partial charge in [-0.15, -0.1) is 0 Å². The summed E-state index contributed by atoms with van der Waals surface area (Å²) in [5.41, 5.74) is 1.80. The predicted octanol–water partition coefficient (Wildman–Crippen LogP) is 3.44. The summed E-state index contributed by atoms with van der Waals surface area (Å²) in [5.74, 6) is -1.94. The second-order valence-electron chi connectivity index (χ2n) is 6.05. The Labute approximate surface area is 144 Å². The number of carbonyl (C=O) groups is 2. The summed E-state index contributed by atoms with van der Waals surface area (Å²) in [6.45, 7) is 1.99. The molecule has 25 heavy (non-hydrogen) atoms. The monoisotopic (exact) mass is 344 g/mol. The number of carbonyl (C=O) groups excluding carboxylic acids is 2. The number of rotatable bonds is 3. The van der Waals surface area contributed by atoms with Gasteiger partial charge in [0.15, 0.2) is 0 Å². The number of nitrogens with one attached hydrogen (secondary N) is 1. The highest BCUT2D eigenvalue weighted by Gasteiger charge is 2.30. The fourth-order valence-corrected chi connectivity index (χ4v) is 3.22. The van der Waals surface area contributed by atoms with Crippen LogP contribution in [0, 0.1) is 11.6 Å². The van der Waals surface area contributed by atoms with Gasteiger partial charge in [-0.2, -0.15) is 0 Å². The van der Waals surface area contributed by atoms with Crippen LogP contribution in [0.3, 0.4) is 0 Å². The molecule has 2 amide bonds. The summed E-state index contributed by atoms with van der Waals surface area (Å²) in [6.07, 6.45) is 0.707. The molecule has 2 aromatic carbocycles. The molecule has 0 fully saturated rings. The molecule has 0 aliphatic carbocycles. The third kappa shape index (κ3) is 3.68. The van der Waals surface area contributed by atoms with Gasteiger partial charge in [0, 0.05) is 19.5 Å². The molecule has 1 atom stereocenters. The zero-order chi connectivity index (χ0) is 18.0. The van der Waals surface area contributed by atoms with Crippen molar-refractivity contribution in [3.05, 3.63) is 65.2 Å². The Bertz CT molecular complexity index is 823. The molecule has 1 aliphatic rings. The second kappa shape index (κ2) is 7.01. The highest BCUT2D eigenvalue weighted by Crippen LogP contribution is 2.32. The largest absolute Gasteiger partial charge is 0.335 e. The van der Waals surface area contributed by atoms with E-state index >= 15 is 0 Å². The minimum Gasteiger partial charge on any atom is -0.335 e. The molecule has 0 saturated heterocycles. The van der Waals surface area contributed by atoms with E-state index < -0.39 is 23.6 Å². The van der Waals surface area contributed by atoms with E-state index in [4.69, 9.17) is 0 Å². The van der Waals surface area contributed by atoms with Crippen molar-refractivity contribution < 1.29 is 18.4 Å². The zero-order valence-corrected chi connectivity index (χ0v) is 13.8. The lowest BCUT2D eigenvalue weighted by molar-refractivity contribution is -0.132. The summed E-state index contributed by atoms with van der Waals surface area (Å²) in [4.78, 5) is 26.0. The van der Waals surface area contributed by atoms with Crippen molar-refractivity contribution in [2.24, 2.45) is 0 Å². The molecular formula is C19H18F2N2O2. The molecule has 3 rings (SSSR count). The van der Waals surface area contributed by atoms with E-state index in [9.17, 15) is 18.4 Å². The van der Waals surface area contributed by atoms with Crippen LogP contribution in [0.5, 0.6) is 0 Å². The Morgan fingerprint density at radius 1 is 1.20 bits per heavy atom. The van der Waals surface area contributed by atoms with Gasteiger partial charge in [-0.3, -0.25) is 9.59 Å². The lowest BCUT2D eigenvalue weighted by Crippen LogP contribution is -2.40. The number of nitrogens with zero attached hydrogens (tertiary/aromatic N) is 1. The Kier molecular flexibility index (Phi) is 4.79. The van der Waals surface area contributed by atoms with E-state index in [1.54, 1.807) is 4.90 Å². The van der Waals surface area contributed by atoms with Crippen LogP contribution in [0.4, 0.5) is 14.5 Å². The maximum absolute atomic E-state index is 13.7. The van der Waals surface area contributed by atoms with Crippen LogP contribution in [0.1, 0.15) is 30.5 Å². The van der Waals surface area contributed by atoms with Crippen LogP contribution in [-0.2, 0) is 16.0 Å². The summed E-state index contributed by atoms with van der Waals surface area (Å²) in [7, 11) is 0. The van der Waals surface area contributed by atoms with E-state index in [2.05, 4.69) is 5.32 Å². The van der Waals surface area contributed by atoms with Gasteiger partial charge in [0.2, 0.25) is 11.8 Å². The molecule has 1 N–H and O–H groups in total. The first kappa shape index (κ1) is 17.1. The minimum absolute atomic E-state index is 0.0213. The van der Waals surface area contributed by atoms with Crippen molar-refractivity contribution in [3.8, 4) is 0 Å². The molecule has 1 aliphatic heterocycles. The second-order valence-corrected chi connectivity index (χ2v) is 6.05. The zero-order valence-electron chi connectivity index (χ0n) is 13.8. The lowest BCUT2D eigenvalue weighted by atomic mass is 9.90. The molecule has 0 saturated carbocycles. The van der Waals surface area contributed by atoms with Gasteiger partial charge in [-0.25, -0.2) is 8.78 Å². The van der Waals surface area contributed by atoms with Gasteiger partial charge >= 0.3 is 0 Å². The summed E-state index contributed by atoms with van der Waals surface area (Å²) < 4.78 is 27.0. The first-order valence-corrected chi connectivity index (χ1v) is 8.05. The molecular weight excluding hydrogens is 326 g/mol. The quantitative estimate of drug-likeness (QED) is 0.927.